The zero-order valence-corrected chi connectivity index (χ0v) is 12.4. The van der Waals surface area contributed by atoms with Crippen molar-refractivity contribution in [1.82, 2.24) is 15.2 Å². The highest BCUT2D eigenvalue weighted by molar-refractivity contribution is 5.20. The number of nitrogens with zero attached hydrogens (tertiary/aromatic N) is 2. The monoisotopic (exact) mass is 275 g/mol. The molecule has 1 spiro atoms. The van der Waals surface area contributed by atoms with E-state index >= 15 is 0 Å². The van der Waals surface area contributed by atoms with Gasteiger partial charge in [0.1, 0.15) is 0 Å². The summed E-state index contributed by atoms with van der Waals surface area (Å²) in [4.78, 5) is 6.78. The van der Waals surface area contributed by atoms with E-state index < -0.39 is 0 Å². The van der Waals surface area contributed by atoms with E-state index in [0.717, 1.165) is 13.1 Å². The summed E-state index contributed by atoms with van der Waals surface area (Å²) in [6, 6.07) is 4.15. The predicted octanol–water partition coefficient (Wildman–Crippen LogP) is 2.20. The molecule has 1 aliphatic heterocycles. The number of hydrogen-bond acceptors (Lipinski definition) is 4. The second kappa shape index (κ2) is 6.10. The average molecular weight is 275 g/mol. The van der Waals surface area contributed by atoms with Crippen molar-refractivity contribution in [3.8, 4) is 5.88 Å². The van der Waals surface area contributed by atoms with E-state index in [1.165, 1.54) is 50.8 Å². The number of hydrogen-bond donors (Lipinski definition) is 1. The zero-order chi connectivity index (χ0) is 13.8. The Hall–Kier alpha value is -1.13. The van der Waals surface area contributed by atoms with Crippen LogP contribution in [0.3, 0.4) is 0 Å². The Morgan fingerprint density at radius 1 is 1.35 bits per heavy atom. The molecule has 3 rings (SSSR count). The van der Waals surface area contributed by atoms with E-state index in [2.05, 4.69) is 27.3 Å². The van der Waals surface area contributed by atoms with Gasteiger partial charge in [0.15, 0.2) is 0 Å². The maximum absolute atomic E-state index is 5.22. The molecule has 0 atom stereocenters. The van der Waals surface area contributed by atoms with Gasteiger partial charge in [-0.05, 0) is 44.0 Å². The summed E-state index contributed by atoms with van der Waals surface area (Å²) in [6.45, 7) is 4.52. The molecule has 2 heterocycles. The highest BCUT2D eigenvalue weighted by Crippen LogP contribution is 2.32. The lowest BCUT2D eigenvalue weighted by Crippen LogP contribution is -2.49. The number of nitrogens with one attached hydrogen (secondary N) is 1. The van der Waals surface area contributed by atoms with E-state index in [1.54, 1.807) is 7.11 Å². The number of methoxy groups -OCH3 is 1. The molecular weight excluding hydrogens is 250 g/mol. The van der Waals surface area contributed by atoms with Gasteiger partial charge in [0.05, 0.1) is 7.11 Å². The molecule has 0 aromatic carbocycles. The summed E-state index contributed by atoms with van der Waals surface area (Å²) in [5.41, 5.74) is 1.68. The Kier molecular flexibility index (Phi) is 4.22. The van der Waals surface area contributed by atoms with Crippen LogP contribution in [0, 0.1) is 0 Å². The summed E-state index contributed by atoms with van der Waals surface area (Å²) in [6.07, 6.45) is 8.51. The predicted molar refractivity (Wildman–Crippen MR) is 79.9 cm³/mol. The molecule has 1 aromatic rings. The third-order valence-electron chi connectivity index (χ3n) is 4.65. The number of aromatic nitrogens is 1. The molecule has 0 amide bonds. The van der Waals surface area contributed by atoms with Gasteiger partial charge in [0.25, 0.3) is 0 Å². The summed E-state index contributed by atoms with van der Waals surface area (Å²) in [7, 11) is 1.68. The molecular formula is C16H25N3O. The minimum absolute atomic E-state index is 0.383. The topological polar surface area (TPSA) is 37.4 Å². The Morgan fingerprint density at radius 3 is 3.00 bits per heavy atom. The first kappa shape index (κ1) is 13.8. The van der Waals surface area contributed by atoms with Crippen molar-refractivity contribution in [3.63, 3.8) is 0 Å². The molecule has 2 aliphatic rings. The lowest BCUT2D eigenvalue weighted by atomic mass is 9.97. The first-order chi connectivity index (χ1) is 9.80. The largest absolute Gasteiger partial charge is 0.481 e. The fraction of sp³-hybridized carbons (Fsp3) is 0.688. The van der Waals surface area contributed by atoms with E-state index in [-0.39, 0.29) is 0 Å². The lowest BCUT2D eigenvalue weighted by Gasteiger charge is -2.33. The third kappa shape index (κ3) is 3.13. The van der Waals surface area contributed by atoms with Gasteiger partial charge in [0.2, 0.25) is 5.88 Å². The molecule has 1 saturated heterocycles. The first-order valence-electron chi connectivity index (χ1n) is 7.76. The van der Waals surface area contributed by atoms with Crippen molar-refractivity contribution in [2.75, 3.05) is 26.7 Å². The molecule has 2 fully saturated rings. The normalized spacial score (nSPS) is 22.9. The van der Waals surface area contributed by atoms with Gasteiger partial charge in [-0.15, -0.1) is 0 Å². The van der Waals surface area contributed by atoms with Gasteiger partial charge in [-0.25, -0.2) is 4.98 Å². The number of rotatable bonds is 3. The molecule has 1 aromatic heterocycles. The van der Waals surface area contributed by atoms with Gasteiger partial charge >= 0.3 is 0 Å². The highest BCUT2D eigenvalue weighted by atomic mass is 16.5. The van der Waals surface area contributed by atoms with Crippen LogP contribution in [0.25, 0.3) is 0 Å². The molecule has 0 unspecified atom stereocenters. The van der Waals surface area contributed by atoms with Crippen LogP contribution in [-0.4, -0.2) is 42.2 Å². The van der Waals surface area contributed by atoms with Crippen LogP contribution in [0.2, 0.25) is 0 Å². The summed E-state index contributed by atoms with van der Waals surface area (Å²) in [5.74, 6) is 0.714. The van der Waals surface area contributed by atoms with Crippen LogP contribution in [-0.2, 0) is 6.54 Å². The maximum atomic E-state index is 5.22. The standard InChI is InChI=1S/C16H25N3O/c1-20-15-11-14(5-9-17-15)12-19-10-4-8-18-16(13-19)6-2-3-7-16/h5,9,11,18H,2-4,6-8,10,12-13H2,1H3. The van der Waals surface area contributed by atoms with Crippen LogP contribution in [0.15, 0.2) is 18.3 Å². The van der Waals surface area contributed by atoms with E-state index in [0.29, 0.717) is 11.4 Å². The Morgan fingerprint density at radius 2 is 2.20 bits per heavy atom. The Balaban J connectivity index is 1.68. The van der Waals surface area contributed by atoms with Crippen LogP contribution < -0.4 is 10.1 Å². The first-order valence-corrected chi connectivity index (χ1v) is 7.76. The van der Waals surface area contributed by atoms with Crippen molar-refractivity contribution < 1.29 is 4.74 Å². The Bertz CT molecular complexity index is 443. The van der Waals surface area contributed by atoms with E-state index in [4.69, 9.17) is 4.74 Å². The van der Waals surface area contributed by atoms with E-state index in [1.807, 2.05) is 6.20 Å². The third-order valence-corrected chi connectivity index (χ3v) is 4.65. The van der Waals surface area contributed by atoms with Gasteiger partial charge in [-0.1, -0.05) is 12.8 Å². The second-order valence-corrected chi connectivity index (χ2v) is 6.18. The SMILES string of the molecule is COc1cc(CN2CCCNC3(CCCC3)C2)ccn1. The van der Waals surface area contributed by atoms with Gasteiger partial charge in [-0.3, -0.25) is 4.90 Å². The fourth-order valence-corrected chi connectivity index (χ4v) is 3.66. The molecule has 4 nitrogen and oxygen atoms in total. The van der Waals surface area contributed by atoms with Crippen LogP contribution in [0.4, 0.5) is 0 Å². The summed E-state index contributed by atoms with van der Waals surface area (Å²) >= 11 is 0. The van der Waals surface area contributed by atoms with Crippen LogP contribution in [0.5, 0.6) is 5.88 Å². The molecule has 4 heteroatoms. The number of pyridine rings is 1. The van der Waals surface area contributed by atoms with Gasteiger partial charge in [0, 0.05) is 30.9 Å². The summed E-state index contributed by atoms with van der Waals surface area (Å²) < 4.78 is 5.22. The van der Waals surface area contributed by atoms with Crippen molar-refractivity contribution in [2.45, 2.75) is 44.2 Å². The average Bonchev–Trinajstić information content (AvgIpc) is 2.82. The Labute approximate surface area is 121 Å². The molecule has 0 radical (unpaired) electrons. The van der Waals surface area contributed by atoms with E-state index in [9.17, 15) is 0 Å². The molecule has 110 valence electrons. The summed E-state index contributed by atoms with van der Waals surface area (Å²) in [5, 5.41) is 3.82. The molecule has 1 aliphatic carbocycles. The molecule has 0 bridgehead atoms. The van der Waals surface area contributed by atoms with Crippen molar-refractivity contribution in [3.05, 3.63) is 23.9 Å². The molecule has 20 heavy (non-hydrogen) atoms. The fourth-order valence-electron chi connectivity index (χ4n) is 3.66. The minimum atomic E-state index is 0.383. The highest BCUT2D eigenvalue weighted by Gasteiger charge is 2.36. The molecule has 1 N–H and O–H groups in total. The zero-order valence-electron chi connectivity index (χ0n) is 12.4. The molecule has 1 saturated carbocycles. The second-order valence-electron chi connectivity index (χ2n) is 6.18. The quantitative estimate of drug-likeness (QED) is 0.917. The maximum Gasteiger partial charge on any atom is 0.213 e. The lowest BCUT2D eigenvalue weighted by molar-refractivity contribution is 0.203. The van der Waals surface area contributed by atoms with Gasteiger partial charge < -0.3 is 10.1 Å². The van der Waals surface area contributed by atoms with Crippen molar-refractivity contribution in [1.29, 1.82) is 0 Å². The van der Waals surface area contributed by atoms with Crippen LogP contribution in [0.1, 0.15) is 37.7 Å². The van der Waals surface area contributed by atoms with Gasteiger partial charge in [-0.2, -0.15) is 0 Å². The van der Waals surface area contributed by atoms with Crippen molar-refractivity contribution >= 4 is 0 Å². The number of ether oxygens (including phenoxy) is 1. The minimum Gasteiger partial charge on any atom is -0.481 e. The van der Waals surface area contributed by atoms with Crippen molar-refractivity contribution in [2.24, 2.45) is 0 Å². The van der Waals surface area contributed by atoms with Crippen LogP contribution >= 0.6 is 0 Å². The smallest absolute Gasteiger partial charge is 0.213 e.